The van der Waals surface area contributed by atoms with Gasteiger partial charge in [0, 0.05) is 18.8 Å². The fourth-order valence-electron chi connectivity index (χ4n) is 2.86. The largest absolute Gasteiger partial charge is 0.376 e. The van der Waals surface area contributed by atoms with Crippen LogP contribution in [0.15, 0.2) is 18.2 Å². The van der Waals surface area contributed by atoms with Crippen LogP contribution in [0.4, 0.5) is 5.69 Å². The molecular formula is C16H21N3O2S. The lowest BCUT2D eigenvalue weighted by molar-refractivity contribution is -0.115. The molecule has 0 unspecified atom stereocenters. The van der Waals surface area contributed by atoms with E-state index in [2.05, 4.69) is 28.9 Å². The van der Waals surface area contributed by atoms with Crippen molar-refractivity contribution in [3.63, 3.8) is 0 Å². The maximum atomic E-state index is 11.4. The molecule has 2 atom stereocenters. The second-order valence-electron chi connectivity index (χ2n) is 5.85. The molecule has 118 valence electrons. The number of benzene rings is 1. The summed E-state index contributed by atoms with van der Waals surface area (Å²) >= 11 is 5.34. The molecule has 0 bridgehead atoms. The molecule has 1 aromatic carbocycles. The molecule has 0 spiro atoms. The van der Waals surface area contributed by atoms with Gasteiger partial charge in [-0.05, 0) is 49.2 Å². The summed E-state index contributed by atoms with van der Waals surface area (Å²) in [6.07, 6.45) is 2.95. The van der Waals surface area contributed by atoms with Gasteiger partial charge in [-0.25, -0.2) is 0 Å². The van der Waals surface area contributed by atoms with Crippen LogP contribution < -0.4 is 16.0 Å². The number of nitrogens with one attached hydrogen (secondary N) is 3. The van der Waals surface area contributed by atoms with Gasteiger partial charge >= 0.3 is 0 Å². The third-order valence-corrected chi connectivity index (χ3v) is 4.38. The summed E-state index contributed by atoms with van der Waals surface area (Å²) in [5.41, 5.74) is 3.09. The van der Waals surface area contributed by atoms with Crippen LogP contribution in [0.25, 0.3) is 0 Å². The van der Waals surface area contributed by atoms with Gasteiger partial charge < -0.3 is 20.7 Å². The Bertz CT molecular complexity index is 585. The predicted octanol–water partition coefficient (Wildman–Crippen LogP) is 1.89. The van der Waals surface area contributed by atoms with Crippen molar-refractivity contribution in [3.05, 3.63) is 29.3 Å². The van der Waals surface area contributed by atoms with Gasteiger partial charge in [0.25, 0.3) is 0 Å². The zero-order chi connectivity index (χ0) is 15.5. The molecule has 0 saturated carbocycles. The lowest BCUT2D eigenvalue weighted by Gasteiger charge is -2.19. The van der Waals surface area contributed by atoms with Crippen molar-refractivity contribution in [1.82, 2.24) is 10.6 Å². The zero-order valence-corrected chi connectivity index (χ0v) is 13.5. The molecule has 3 N–H and O–H groups in total. The number of carbonyl (C=O) groups is 1. The van der Waals surface area contributed by atoms with E-state index in [1.54, 1.807) is 0 Å². The molecule has 22 heavy (non-hydrogen) atoms. The lowest BCUT2D eigenvalue weighted by atomic mass is 10.0. The van der Waals surface area contributed by atoms with Crippen LogP contribution in [0.3, 0.4) is 0 Å². The number of ether oxygens (including phenoxy) is 1. The summed E-state index contributed by atoms with van der Waals surface area (Å²) < 4.78 is 5.56. The summed E-state index contributed by atoms with van der Waals surface area (Å²) in [6, 6.07) is 6.13. The Kier molecular flexibility index (Phi) is 4.59. The Hall–Kier alpha value is -1.66. The van der Waals surface area contributed by atoms with E-state index in [4.69, 9.17) is 17.0 Å². The van der Waals surface area contributed by atoms with Gasteiger partial charge in [-0.3, -0.25) is 4.79 Å². The molecule has 1 fully saturated rings. The van der Waals surface area contributed by atoms with E-state index in [1.807, 2.05) is 12.1 Å². The number of thiocarbonyl (C=S) groups is 1. The number of carbonyl (C=O) groups excluding carboxylic acids is 1. The molecule has 3 rings (SSSR count). The number of anilines is 1. The summed E-state index contributed by atoms with van der Waals surface area (Å²) in [6.45, 7) is 3.66. The summed E-state index contributed by atoms with van der Waals surface area (Å²) in [5, 5.41) is 9.98. The zero-order valence-electron chi connectivity index (χ0n) is 12.6. The highest BCUT2D eigenvalue weighted by Gasteiger charge is 2.19. The quantitative estimate of drug-likeness (QED) is 0.740. The molecule has 6 heteroatoms. The van der Waals surface area contributed by atoms with Gasteiger partial charge in [0.1, 0.15) is 0 Å². The van der Waals surface area contributed by atoms with E-state index >= 15 is 0 Å². The van der Waals surface area contributed by atoms with Crippen LogP contribution in [-0.4, -0.2) is 30.3 Å². The predicted molar refractivity (Wildman–Crippen MR) is 89.9 cm³/mol. The molecule has 2 aliphatic heterocycles. The average molecular weight is 319 g/mol. The minimum atomic E-state index is 0.0570. The van der Waals surface area contributed by atoms with Crippen LogP contribution in [0, 0.1) is 0 Å². The Morgan fingerprint density at radius 1 is 1.55 bits per heavy atom. The van der Waals surface area contributed by atoms with Crippen molar-refractivity contribution >= 4 is 28.9 Å². The molecular weight excluding hydrogens is 298 g/mol. The Morgan fingerprint density at radius 2 is 2.41 bits per heavy atom. The minimum absolute atomic E-state index is 0.0570. The topological polar surface area (TPSA) is 62.4 Å². The Balaban J connectivity index is 1.53. The minimum Gasteiger partial charge on any atom is -0.376 e. The van der Waals surface area contributed by atoms with Gasteiger partial charge in [-0.1, -0.05) is 12.1 Å². The molecule has 1 aromatic rings. The van der Waals surface area contributed by atoms with E-state index in [-0.39, 0.29) is 18.1 Å². The van der Waals surface area contributed by atoms with Gasteiger partial charge in [-0.15, -0.1) is 0 Å². The maximum Gasteiger partial charge on any atom is 0.228 e. The van der Waals surface area contributed by atoms with E-state index in [9.17, 15) is 4.79 Å². The van der Waals surface area contributed by atoms with Crippen LogP contribution >= 0.6 is 12.2 Å². The van der Waals surface area contributed by atoms with E-state index in [0.717, 1.165) is 42.8 Å². The molecule has 0 radical (unpaired) electrons. The van der Waals surface area contributed by atoms with Gasteiger partial charge in [0.05, 0.1) is 18.6 Å². The number of rotatable bonds is 4. The molecule has 2 aliphatic rings. The van der Waals surface area contributed by atoms with Crippen molar-refractivity contribution in [2.45, 2.75) is 38.3 Å². The van der Waals surface area contributed by atoms with Crippen LogP contribution in [-0.2, 0) is 16.0 Å². The first-order valence-electron chi connectivity index (χ1n) is 7.70. The molecule has 0 aromatic heterocycles. The lowest BCUT2D eigenvalue weighted by Crippen LogP contribution is -2.40. The van der Waals surface area contributed by atoms with Crippen molar-refractivity contribution < 1.29 is 9.53 Å². The maximum absolute atomic E-state index is 11.4. The Labute approximate surface area is 135 Å². The standard InChI is InChI=1S/C16H21N3O2S/c1-10(18-16(22)17-9-13-3-2-6-21-13)11-4-5-14-12(7-11)8-15(20)19-14/h4-5,7,10,13H,2-3,6,8-9H2,1H3,(H,19,20)(H2,17,18,22)/t10-,13-/m1/s1. The third kappa shape index (κ3) is 3.56. The number of hydrogen-bond donors (Lipinski definition) is 3. The highest BCUT2D eigenvalue weighted by molar-refractivity contribution is 7.80. The summed E-state index contributed by atoms with van der Waals surface area (Å²) in [5.74, 6) is 0.0570. The average Bonchev–Trinajstić information content (AvgIpc) is 3.12. The second-order valence-corrected chi connectivity index (χ2v) is 6.26. The van der Waals surface area contributed by atoms with Gasteiger partial charge in [0.15, 0.2) is 5.11 Å². The van der Waals surface area contributed by atoms with Crippen molar-refractivity contribution in [1.29, 1.82) is 0 Å². The fourth-order valence-corrected chi connectivity index (χ4v) is 3.12. The first kappa shape index (κ1) is 15.2. The summed E-state index contributed by atoms with van der Waals surface area (Å²) in [7, 11) is 0. The molecule has 5 nitrogen and oxygen atoms in total. The number of amides is 1. The van der Waals surface area contributed by atoms with Crippen molar-refractivity contribution in [3.8, 4) is 0 Å². The highest BCUT2D eigenvalue weighted by atomic mass is 32.1. The first-order chi connectivity index (χ1) is 10.6. The molecule has 0 aliphatic carbocycles. The second kappa shape index (κ2) is 6.62. The highest BCUT2D eigenvalue weighted by Crippen LogP contribution is 2.26. The molecule has 2 heterocycles. The van der Waals surface area contributed by atoms with Gasteiger partial charge in [-0.2, -0.15) is 0 Å². The smallest absolute Gasteiger partial charge is 0.228 e. The molecule has 1 amide bonds. The fraction of sp³-hybridized carbons (Fsp3) is 0.500. The monoisotopic (exact) mass is 319 g/mol. The van der Waals surface area contributed by atoms with Crippen LogP contribution in [0.1, 0.15) is 36.9 Å². The third-order valence-electron chi connectivity index (χ3n) is 4.12. The SMILES string of the molecule is C[C@@H](NC(=S)NC[C@H]1CCCO1)c1ccc2c(c1)CC(=O)N2. The van der Waals surface area contributed by atoms with Gasteiger partial charge in [0.2, 0.25) is 5.91 Å². The van der Waals surface area contributed by atoms with Crippen LogP contribution in [0.2, 0.25) is 0 Å². The van der Waals surface area contributed by atoms with E-state index in [1.165, 1.54) is 0 Å². The summed E-state index contributed by atoms with van der Waals surface area (Å²) in [4.78, 5) is 11.4. The first-order valence-corrected chi connectivity index (χ1v) is 8.11. The molecule has 1 saturated heterocycles. The number of fused-ring (bicyclic) bond motifs is 1. The van der Waals surface area contributed by atoms with Crippen LogP contribution in [0.5, 0.6) is 0 Å². The van der Waals surface area contributed by atoms with Crippen molar-refractivity contribution in [2.24, 2.45) is 0 Å². The van der Waals surface area contributed by atoms with Crippen molar-refractivity contribution in [2.75, 3.05) is 18.5 Å². The number of hydrogen-bond acceptors (Lipinski definition) is 3. The Morgan fingerprint density at radius 3 is 3.18 bits per heavy atom. The van der Waals surface area contributed by atoms with E-state index in [0.29, 0.717) is 11.5 Å². The van der Waals surface area contributed by atoms with E-state index < -0.39 is 0 Å². The normalized spacial score (nSPS) is 21.1.